The van der Waals surface area contributed by atoms with Crippen LogP contribution >= 0.6 is 0 Å². The lowest BCUT2D eigenvalue weighted by Gasteiger charge is -2.16. The third kappa shape index (κ3) is 3.79. The second-order valence-electron chi connectivity index (χ2n) is 4.92. The van der Waals surface area contributed by atoms with E-state index in [9.17, 15) is 9.59 Å². The topological polar surface area (TPSA) is 69.6 Å². The standard InChI is InChI=1S/C14H18N2O3/c1-10(17)15-13-6-7-16(9-13)8-11-2-4-12(5-3-11)14(18)19/h2-5,13H,6-9H2,1H3,(H,15,17)(H,18,19). The second kappa shape index (κ2) is 5.84. The van der Waals surface area contributed by atoms with Gasteiger partial charge >= 0.3 is 5.97 Å². The van der Waals surface area contributed by atoms with Gasteiger partial charge in [-0.05, 0) is 24.1 Å². The molecule has 1 heterocycles. The smallest absolute Gasteiger partial charge is 0.335 e. The first-order valence-electron chi connectivity index (χ1n) is 6.36. The van der Waals surface area contributed by atoms with Crippen molar-refractivity contribution in [3.8, 4) is 0 Å². The Morgan fingerprint density at radius 3 is 2.63 bits per heavy atom. The zero-order valence-corrected chi connectivity index (χ0v) is 10.9. The Balaban J connectivity index is 1.88. The van der Waals surface area contributed by atoms with Crippen LogP contribution in [0.25, 0.3) is 0 Å². The number of aromatic carboxylic acids is 1. The predicted octanol–water partition coefficient (Wildman–Crippen LogP) is 1.10. The average Bonchev–Trinajstić information content (AvgIpc) is 2.76. The molecule has 1 fully saturated rings. The van der Waals surface area contributed by atoms with E-state index in [0.717, 1.165) is 31.6 Å². The Morgan fingerprint density at radius 1 is 1.37 bits per heavy atom. The van der Waals surface area contributed by atoms with E-state index in [2.05, 4.69) is 10.2 Å². The van der Waals surface area contributed by atoms with Crippen LogP contribution < -0.4 is 5.32 Å². The summed E-state index contributed by atoms with van der Waals surface area (Å²) in [6.45, 7) is 4.12. The van der Waals surface area contributed by atoms with Crippen molar-refractivity contribution in [1.29, 1.82) is 0 Å². The van der Waals surface area contributed by atoms with E-state index in [4.69, 9.17) is 5.11 Å². The van der Waals surface area contributed by atoms with Crippen LogP contribution in [0.5, 0.6) is 0 Å². The molecule has 0 aliphatic carbocycles. The van der Waals surface area contributed by atoms with Crippen molar-refractivity contribution < 1.29 is 14.7 Å². The van der Waals surface area contributed by atoms with Crippen LogP contribution in [0.15, 0.2) is 24.3 Å². The van der Waals surface area contributed by atoms with Crippen LogP contribution in [0.3, 0.4) is 0 Å². The Hall–Kier alpha value is -1.88. The molecule has 2 rings (SSSR count). The van der Waals surface area contributed by atoms with Crippen molar-refractivity contribution in [2.45, 2.75) is 25.9 Å². The van der Waals surface area contributed by atoms with E-state index < -0.39 is 5.97 Å². The zero-order chi connectivity index (χ0) is 13.8. The van der Waals surface area contributed by atoms with Crippen molar-refractivity contribution in [3.63, 3.8) is 0 Å². The molecule has 1 aromatic carbocycles. The molecule has 0 bridgehead atoms. The normalized spacial score (nSPS) is 19.3. The molecular weight excluding hydrogens is 244 g/mol. The van der Waals surface area contributed by atoms with Gasteiger partial charge in [-0.25, -0.2) is 4.79 Å². The molecule has 102 valence electrons. The number of nitrogens with one attached hydrogen (secondary N) is 1. The number of hydrogen-bond acceptors (Lipinski definition) is 3. The van der Waals surface area contributed by atoms with Crippen molar-refractivity contribution in [2.24, 2.45) is 0 Å². The summed E-state index contributed by atoms with van der Waals surface area (Å²) >= 11 is 0. The van der Waals surface area contributed by atoms with Gasteiger partial charge in [-0.3, -0.25) is 9.69 Å². The van der Waals surface area contributed by atoms with E-state index in [1.807, 2.05) is 12.1 Å². The minimum atomic E-state index is -0.904. The SMILES string of the molecule is CC(=O)NC1CCN(Cc2ccc(C(=O)O)cc2)C1. The molecule has 0 radical (unpaired) electrons. The number of carboxylic acids is 1. The third-order valence-corrected chi connectivity index (χ3v) is 3.29. The number of carbonyl (C=O) groups is 2. The van der Waals surface area contributed by atoms with Crippen LogP contribution in [0.2, 0.25) is 0 Å². The summed E-state index contributed by atoms with van der Waals surface area (Å²) in [5.41, 5.74) is 1.40. The van der Waals surface area contributed by atoms with Crippen LogP contribution in [-0.2, 0) is 11.3 Å². The summed E-state index contributed by atoms with van der Waals surface area (Å²) in [7, 11) is 0. The maximum Gasteiger partial charge on any atom is 0.335 e. The van der Waals surface area contributed by atoms with Crippen LogP contribution in [0.4, 0.5) is 0 Å². The fraction of sp³-hybridized carbons (Fsp3) is 0.429. The average molecular weight is 262 g/mol. The molecule has 1 aliphatic rings. The highest BCUT2D eigenvalue weighted by atomic mass is 16.4. The highest BCUT2D eigenvalue weighted by Crippen LogP contribution is 2.14. The van der Waals surface area contributed by atoms with Crippen LogP contribution in [0.1, 0.15) is 29.3 Å². The number of amides is 1. The number of benzene rings is 1. The molecule has 5 nitrogen and oxygen atoms in total. The minimum absolute atomic E-state index is 0.0117. The van der Waals surface area contributed by atoms with E-state index >= 15 is 0 Å². The molecule has 1 saturated heterocycles. The number of hydrogen-bond donors (Lipinski definition) is 2. The molecular formula is C14H18N2O3. The number of likely N-dealkylation sites (tertiary alicyclic amines) is 1. The molecule has 19 heavy (non-hydrogen) atoms. The van der Waals surface area contributed by atoms with E-state index in [1.165, 1.54) is 6.92 Å². The van der Waals surface area contributed by atoms with Crippen LogP contribution in [0, 0.1) is 0 Å². The molecule has 1 aliphatic heterocycles. The third-order valence-electron chi connectivity index (χ3n) is 3.29. The highest BCUT2D eigenvalue weighted by Gasteiger charge is 2.22. The molecule has 5 heteroatoms. The van der Waals surface area contributed by atoms with E-state index in [1.54, 1.807) is 12.1 Å². The Bertz CT molecular complexity index is 470. The van der Waals surface area contributed by atoms with Gasteiger partial charge in [0.05, 0.1) is 5.56 Å². The lowest BCUT2D eigenvalue weighted by Crippen LogP contribution is -2.35. The lowest BCUT2D eigenvalue weighted by molar-refractivity contribution is -0.119. The summed E-state index contributed by atoms with van der Waals surface area (Å²) in [6.07, 6.45) is 0.965. The first-order chi connectivity index (χ1) is 9.04. The number of carbonyl (C=O) groups excluding carboxylic acids is 1. The van der Waals surface area contributed by atoms with Gasteiger partial charge in [-0.2, -0.15) is 0 Å². The van der Waals surface area contributed by atoms with Crippen LogP contribution in [-0.4, -0.2) is 41.0 Å². The van der Waals surface area contributed by atoms with Gasteiger partial charge in [-0.1, -0.05) is 12.1 Å². The summed E-state index contributed by atoms with van der Waals surface area (Å²) < 4.78 is 0. The van der Waals surface area contributed by atoms with Crippen molar-refractivity contribution in [2.75, 3.05) is 13.1 Å². The maximum absolute atomic E-state index is 11.0. The lowest BCUT2D eigenvalue weighted by atomic mass is 10.1. The van der Waals surface area contributed by atoms with E-state index in [0.29, 0.717) is 5.56 Å². The molecule has 0 spiro atoms. The number of carboxylic acid groups (broad SMARTS) is 1. The maximum atomic E-state index is 11.0. The molecule has 0 saturated carbocycles. The second-order valence-corrected chi connectivity index (χ2v) is 4.92. The Morgan fingerprint density at radius 2 is 2.05 bits per heavy atom. The highest BCUT2D eigenvalue weighted by molar-refractivity contribution is 5.87. The summed E-state index contributed by atoms with van der Waals surface area (Å²) in [5.74, 6) is -0.892. The summed E-state index contributed by atoms with van der Waals surface area (Å²) in [5, 5.41) is 11.8. The monoisotopic (exact) mass is 262 g/mol. The molecule has 1 unspecified atom stereocenters. The van der Waals surface area contributed by atoms with Gasteiger partial charge < -0.3 is 10.4 Å². The molecule has 0 aromatic heterocycles. The fourth-order valence-electron chi connectivity index (χ4n) is 2.39. The molecule has 1 amide bonds. The summed E-state index contributed by atoms with van der Waals surface area (Å²) in [4.78, 5) is 24.0. The van der Waals surface area contributed by atoms with Crippen molar-refractivity contribution in [1.82, 2.24) is 10.2 Å². The van der Waals surface area contributed by atoms with Gasteiger partial charge in [-0.15, -0.1) is 0 Å². The van der Waals surface area contributed by atoms with Crippen molar-refractivity contribution in [3.05, 3.63) is 35.4 Å². The number of rotatable bonds is 4. The Kier molecular flexibility index (Phi) is 4.16. The van der Waals surface area contributed by atoms with E-state index in [-0.39, 0.29) is 11.9 Å². The molecule has 1 atom stereocenters. The fourth-order valence-corrected chi connectivity index (χ4v) is 2.39. The quantitative estimate of drug-likeness (QED) is 0.852. The van der Waals surface area contributed by atoms with Gasteiger partial charge in [0.15, 0.2) is 0 Å². The Labute approximate surface area is 112 Å². The minimum Gasteiger partial charge on any atom is -0.478 e. The zero-order valence-electron chi connectivity index (χ0n) is 10.9. The summed E-state index contributed by atoms with van der Waals surface area (Å²) in [6, 6.07) is 7.17. The molecule has 1 aromatic rings. The first kappa shape index (κ1) is 13.5. The number of nitrogens with zero attached hydrogens (tertiary/aromatic N) is 1. The van der Waals surface area contributed by atoms with Gasteiger partial charge in [0.1, 0.15) is 0 Å². The van der Waals surface area contributed by atoms with Crippen molar-refractivity contribution >= 4 is 11.9 Å². The molecule has 2 N–H and O–H groups in total. The van der Waals surface area contributed by atoms with Gasteiger partial charge in [0.2, 0.25) is 5.91 Å². The largest absolute Gasteiger partial charge is 0.478 e. The first-order valence-corrected chi connectivity index (χ1v) is 6.36. The van der Waals surface area contributed by atoms with Gasteiger partial charge in [0, 0.05) is 32.6 Å². The predicted molar refractivity (Wildman–Crippen MR) is 70.9 cm³/mol. The van der Waals surface area contributed by atoms with Gasteiger partial charge in [0.25, 0.3) is 0 Å².